The van der Waals surface area contributed by atoms with E-state index >= 15 is 0 Å². The lowest BCUT2D eigenvalue weighted by molar-refractivity contribution is -0.384. The van der Waals surface area contributed by atoms with E-state index in [0.717, 1.165) is 11.3 Å². The minimum atomic E-state index is -0.381. The molecule has 0 aromatic heterocycles. The highest BCUT2D eigenvalue weighted by atomic mass is 79.9. The fourth-order valence-electron chi connectivity index (χ4n) is 1.56. The van der Waals surface area contributed by atoms with Crippen LogP contribution in [0.25, 0.3) is 0 Å². The fourth-order valence-corrected chi connectivity index (χ4v) is 2.79. The molecular weight excluding hydrogens is 326 g/mol. The molecule has 0 fully saturated rings. The van der Waals surface area contributed by atoms with Crippen molar-refractivity contribution in [3.8, 4) is 0 Å². The van der Waals surface area contributed by atoms with Crippen molar-refractivity contribution in [1.29, 1.82) is 0 Å². The summed E-state index contributed by atoms with van der Waals surface area (Å²) in [6, 6.07) is 6.62. The number of halogens is 1. The lowest BCUT2D eigenvalue weighted by atomic mass is 10.2. The molecule has 0 amide bonds. The van der Waals surface area contributed by atoms with E-state index in [-0.39, 0.29) is 10.6 Å². The van der Waals surface area contributed by atoms with Crippen LogP contribution in [0.4, 0.5) is 5.69 Å². The minimum absolute atomic E-state index is 0.131. The lowest BCUT2D eigenvalue weighted by Gasteiger charge is -2.00. The number of unbranched alkanes of at least 4 members (excludes halogenated alkanes) is 3. The van der Waals surface area contributed by atoms with Crippen LogP contribution >= 0.6 is 27.7 Å². The van der Waals surface area contributed by atoms with E-state index in [9.17, 15) is 10.1 Å². The first-order valence-electron chi connectivity index (χ1n) is 6.39. The molecule has 1 aromatic carbocycles. The van der Waals surface area contributed by atoms with Gasteiger partial charge >= 0.3 is 0 Å². The number of nitro groups is 1. The summed E-state index contributed by atoms with van der Waals surface area (Å²) in [5.41, 5.74) is 0.131. The van der Waals surface area contributed by atoms with Gasteiger partial charge in [0.15, 0.2) is 0 Å². The fraction of sp³-hybridized carbons (Fsp3) is 0.429. The molecule has 0 saturated heterocycles. The molecule has 19 heavy (non-hydrogen) atoms. The van der Waals surface area contributed by atoms with Crippen LogP contribution in [-0.4, -0.2) is 4.92 Å². The van der Waals surface area contributed by atoms with E-state index in [2.05, 4.69) is 28.3 Å². The normalized spacial score (nSPS) is 11.6. The number of nitrogens with zero attached hydrogens (tertiary/aromatic N) is 1. The Labute approximate surface area is 126 Å². The maximum atomic E-state index is 10.5. The zero-order valence-electron chi connectivity index (χ0n) is 11.0. The first-order valence-corrected chi connectivity index (χ1v) is 8.06. The molecule has 0 atom stereocenters. The molecule has 5 heteroatoms. The second-order valence-electron chi connectivity index (χ2n) is 4.24. The molecule has 0 aliphatic heterocycles. The smallest absolute Gasteiger partial charge is 0.258 e. The molecule has 0 saturated carbocycles. The summed E-state index contributed by atoms with van der Waals surface area (Å²) in [7, 11) is 0. The number of rotatable bonds is 8. The van der Waals surface area contributed by atoms with Crippen molar-refractivity contribution in [3.63, 3.8) is 0 Å². The molecule has 0 spiro atoms. The van der Waals surface area contributed by atoms with Crippen LogP contribution < -0.4 is 0 Å². The van der Waals surface area contributed by atoms with Gasteiger partial charge in [0.2, 0.25) is 0 Å². The summed E-state index contributed by atoms with van der Waals surface area (Å²) in [4.78, 5) is 11.2. The Morgan fingerprint density at radius 1 is 1.32 bits per heavy atom. The quantitative estimate of drug-likeness (QED) is 0.255. The van der Waals surface area contributed by atoms with Gasteiger partial charge in [-0.1, -0.05) is 53.9 Å². The lowest BCUT2D eigenvalue weighted by Crippen LogP contribution is -1.86. The number of hydrogen-bond acceptors (Lipinski definition) is 3. The van der Waals surface area contributed by atoms with Gasteiger partial charge in [-0.25, -0.2) is 0 Å². The number of thioether (sulfide) groups is 1. The summed E-state index contributed by atoms with van der Waals surface area (Å²) in [6.07, 6.45) is 6.06. The van der Waals surface area contributed by atoms with Gasteiger partial charge in [-0.3, -0.25) is 10.1 Å². The standard InChI is InChI=1S/C14H18BrNO2S/c1-2-3-4-5-6-12(15)11-19-14-9-7-13(8-10-14)16(17)18/h7-11H,2-6H2,1H3/b12-11+. The highest BCUT2D eigenvalue weighted by Crippen LogP contribution is 2.26. The Balaban J connectivity index is 2.39. The zero-order chi connectivity index (χ0) is 14.1. The Morgan fingerprint density at radius 3 is 2.58 bits per heavy atom. The maximum absolute atomic E-state index is 10.5. The zero-order valence-corrected chi connectivity index (χ0v) is 13.4. The molecular formula is C14H18BrNO2S. The third-order valence-electron chi connectivity index (χ3n) is 2.64. The van der Waals surface area contributed by atoms with Crippen molar-refractivity contribution in [2.45, 2.75) is 43.9 Å². The topological polar surface area (TPSA) is 43.1 Å². The molecule has 0 aliphatic rings. The van der Waals surface area contributed by atoms with Crippen LogP contribution in [-0.2, 0) is 0 Å². The molecule has 3 nitrogen and oxygen atoms in total. The van der Waals surface area contributed by atoms with Gasteiger partial charge in [0, 0.05) is 21.5 Å². The summed E-state index contributed by atoms with van der Waals surface area (Å²) in [6.45, 7) is 2.20. The molecule has 0 bridgehead atoms. The monoisotopic (exact) mass is 343 g/mol. The Bertz CT molecular complexity index is 432. The van der Waals surface area contributed by atoms with Crippen LogP contribution in [0, 0.1) is 10.1 Å². The summed E-state index contributed by atoms with van der Waals surface area (Å²) in [5, 5.41) is 12.6. The first kappa shape index (κ1) is 16.2. The van der Waals surface area contributed by atoms with Gasteiger partial charge in [-0.05, 0) is 30.4 Å². The van der Waals surface area contributed by atoms with Crippen molar-refractivity contribution in [2.75, 3.05) is 0 Å². The van der Waals surface area contributed by atoms with Crippen molar-refractivity contribution >= 4 is 33.4 Å². The average molecular weight is 344 g/mol. The molecule has 0 heterocycles. The minimum Gasteiger partial charge on any atom is -0.258 e. The highest BCUT2D eigenvalue weighted by molar-refractivity contribution is 9.11. The second kappa shape index (κ2) is 9.15. The van der Waals surface area contributed by atoms with E-state index < -0.39 is 0 Å². The van der Waals surface area contributed by atoms with E-state index in [0.29, 0.717) is 0 Å². The Morgan fingerprint density at radius 2 is 2.00 bits per heavy atom. The summed E-state index contributed by atoms with van der Waals surface area (Å²) >= 11 is 5.14. The summed E-state index contributed by atoms with van der Waals surface area (Å²) < 4.78 is 1.19. The molecule has 0 N–H and O–H groups in total. The Hall–Kier alpha value is -0.810. The number of benzene rings is 1. The van der Waals surface area contributed by atoms with Crippen LogP contribution in [0.1, 0.15) is 39.0 Å². The van der Waals surface area contributed by atoms with Crippen LogP contribution in [0.5, 0.6) is 0 Å². The Kier molecular flexibility index (Phi) is 7.82. The van der Waals surface area contributed by atoms with E-state index in [1.807, 2.05) is 0 Å². The predicted octanol–water partition coefficient (Wildman–Crippen LogP) is 5.89. The number of nitro benzene ring substituents is 1. The number of non-ortho nitro benzene ring substituents is 1. The SMILES string of the molecule is CCCCCC/C(Br)=C\Sc1ccc([N+](=O)[O-])cc1. The summed E-state index contributed by atoms with van der Waals surface area (Å²) in [5.74, 6) is 0. The van der Waals surface area contributed by atoms with Crippen LogP contribution in [0.15, 0.2) is 39.1 Å². The number of hydrogen-bond donors (Lipinski definition) is 0. The molecule has 104 valence electrons. The van der Waals surface area contributed by atoms with Crippen molar-refractivity contribution in [2.24, 2.45) is 0 Å². The third kappa shape index (κ3) is 6.78. The van der Waals surface area contributed by atoms with Gasteiger partial charge in [0.25, 0.3) is 5.69 Å². The highest BCUT2D eigenvalue weighted by Gasteiger charge is 2.03. The van der Waals surface area contributed by atoms with Crippen LogP contribution in [0.3, 0.4) is 0 Å². The van der Waals surface area contributed by atoms with Crippen molar-refractivity contribution in [1.82, 2.24) is 0 Å². The van der Waals surface area contributed by atoms with Gasteiger partial charge < -0.3 is 0 Å². The maximum Gasteiger partial charge on any atom is 0.269 e. The number of allylic oxidation sites excluding steroid dienone is 1. The molecule has 1 rings (SSSR count). The van der Waals surface area contributed by atoms with Gasteiger partial charge in [0.05, 0.1) is 4.92 Å². The molecule has 0 unspecified atom stereocenters. The molecule has 1 aromatic rings. The van der Waals surface area contributed by atoms with E-state index in [1.54, 1.807) is 23.9 Å². The average Bonchev–Trinajstić information content (AvgIpc) is 2.42. The van der Waals surface area contributed by atoms with Crippen molar-refractivity contribution < 1.29 is 4.92 Å². The van der Waals surface area contributed by atoms with Gasteiger partial charge in [-0.2, -0.15) is 0 Å². The van der Waals surface area contributed by atoms with Crippen molar-refractivity contribution in [3.05, 3.63) is 44.3 Å². The van der Waals surface area contributed by atoms with E-state index in [4.69, 9.17) is 0 Å². The predicted molar refractivity (Wildman–Crippen MR) is 84.7 cm³/mol. The van der Waals surface area contributed by atoms with Crippen LogP contribution in [0.2, 0.25) is 0 Å². The second-order valence-corrected chi connectivity index (χ2v) is 6.21. The first-order chi connectivity index (χ1) is 9.13. The van der Waals surface area contributed by atoms with E-state index in [1.165, 1.54) is 42.3 Å². The molecule has 0 radical (unpaired) electrons. The third-order valence-corrected chi connectivity index (χ3v) is 4.51. The van der Waals surface area contributed by atoms with Gasteiger partial charge in [0.1, 0.15) is 0 Å². The van der Waals surface area contributed by atoms with Gasteiger partial charge in [-0.15, -0.1) is 0 Å². The largest absolute Gasteiger partial charge is 0.269 e. The molecule has 0 aliphatic carbocycles.